The summed E-state index contributed by atoms with van der Waals surface area (Å²) in [5.41, 5.74) is 0.429. The lowest BCUT2D eigenvalue weighted by Crippen LogP contribution is -2.27. The number of anilines is 3. The van der Waals surface area contributed by atoms with Crippen molar-refractivity contribution in [2.45, 2.75) is 44.3 Å². The zero-order chi connectivity index (χ0) is 19.7. The summed E-state index contributed by atoms with van der Waals surface area (Å²) in [7, 11) is 0. The molecule has 0 amide bonds. The van der Waals surface area contributed by atoms with Crippen LogP contribution in [-0.2, 0) is 6.18 Å². The maximum absolute atomic E-state index is 13.0. The van der Waals surface area contributed by atoms with E-state index in [4.69, 9.17) is 4.98 Å². The normalized spacial score (nSPS) is 21.9. The zero-order valence-corrected chi connectivity index (χ0v) is 17.0. The number of aromatic nitrogens is 2. The van der Waals surface area contributed by atoms with Crippen LogP contribution in [0.3, 0.4) is 0 Å². The predicted molar refractivity (Wildman–Crippen MR) is 110 cm³/mol. The number of halogens is 4. The first-order valence-corrected chi connectivity index (χ1v) is 9.70. The molecule has 1 unspecified atom stereocenters. The Balaban J connectivity index is 0.00000240. The van der Waals surface area contributed by atoms with Crippen LogP contribution in [0, 0.1) is 0 Å². The van der Waals surface area contributed by atoms with E-state index < -0.39 is 11.7 Å². The highest BCUT2D eigenvalue weighted by Crippen LogP contribution is 2.33. The molecular weight excluding hydrogens is 403 g/mol. The molecule has 2 aliphatic rings. The Morgan fingerprint density at radius 3 is 2.66 bits per heavy atom. The molecule has 2 atom stereocenters. The minimum absolute atomic E-state index is 0. The van der Waals surface area contributed by atoms with Crippen LogP contribution in [-0.4, -0.2) is 35.6 Å². The number of nitrogens with one attached hydrogen (secondary N) is 2. The van der Waals surface area contributed by atoms with Gasteiger partial charge in [0.25, 0.3) is 0 Å². The molecule has 2 aromatic heterocycles. The molecule has 4 heterocycles. The molecule has 4 rings (SSSR count). The highest BCUT2D eigenvalue weighted by molar-refractivity contribution is 5.85. The van der Waals surface area contributed by atoms with Crippen LogP contribution in [0.1, 0.15) is 43.2 Å². The molecule has 2 fully saturated rings. The molecule has 0 aromatic carbocycles. The minimum Gasteiger partial charge on any atom is -0.354 e. The van der Waals surface area contributed by atoms with E-state index in [0.29, 0.717) is 17.8 Å². The van der Waals surface area contributed by atoms with Crippen LogP contribution in [0.15, 0.2) is 30.5 Å². The van der Waals surface area contributed by atoms with Crippen molar-refractivity contribution in [1.29, 1.82) is 0 Å². The van der Waals surface area contributed by atoms with Gasteiger partial charge in [-0.1, -0.05) is 0 Å². The highest BCUT2D eigenvalue weighted by Gasteiger charge is 2.31. The summed E-state index contributed by atoms with van der Waals surface area (Å²) in [4.78, 5) is 11.0. The number of hydrogen-bond acceptors (Lipinski definition) is 5. The van der Waals surface area contributed by atoms with Crippen molar-refractivity contribution in [3.8, 4) is 0 Å². The molecule has 0 bridgehead atoms. The van der Waals surface area contributed by atoms with Gasteiger partial charge in [-0.3, -0.25) is 0 Å². The Bertz CT molecular complexity index is 839. The lowest BCUT2D eigenvalue weighted by molar-refractivity contribution is -0.137. The summed E-state index contributed by atoms with van der Waals surface area (Å²) in [6.45, 7) is 5.00. The van der Waals surface area contributed by atoms with Crippen LogP contribution >= 0.6 is 12.4 Å². The van der Waals surface area contributed by atoms with Gasteiger partial charge < -0.3 is 15.5 Å². The zero-order valence-electron chi connectivity index (χ0n) is 16.2. The van der Waals surface area contributed by atoms with E-state index in [2.05, 4.69) is 33.5 Å². The smallest absolute Gasteiger partial charge is 0.354 e. The monoisotopic (exact) mass is 427 g/mol. The molecule has 29 heavy (non-hydrogen) atoms. The molecule has 5 nitrogen and oxygen atoms in total. The third-order valence-corrected chi connectivity index (χ3v) is 5.56. The third-order valence-electron chi connectivity index (χ3n) is 5.56. The van der Waals surface area contributed by atoms with Gasteiger partial charge in [0.2, 0.25) is 0 Å². The maximum Gasteiger partial charge on any atom is 0.416 e. The van der Waals surface area contributed by atoms with Gasteiger partial charge in [0.05, 0.1) is 5.56 Å². The molecule has 2 saturated heterocycles. The van der Waals surface area contributed by atoms with Gasteiger partial charge in [-0.25, -0.2) is 9.97 Å². The summed E-state index contributed by atoms with van der Waals surface area (Å²) in [5, 5.41) is 6.36. The molecule has 2 N–H and O–H groups in total. The fourth-order valence-electron chi connectivity index (χ4n) is 4.00. The minimum atomic E-state index is -4.40. The molecule has 0 aliphatic carbocycles. The lowest BCUT2D eigenvalue weighted by atomic mass is 9.99. The number of pyridine rings is 2. The second-order valence-electron chi connectivity index (χ2n) is 7.57. The summed E-state index contributed by atoms with van der Waals surface area (Å²) in [6, 6.07) is 6.46. The van der Waals surface area contributed by atoms with Gasteiger partial charge in [0.15, 0.2) is 0 Å². The van der Waals surface area contributed by atoms with Crippen LogP contribution in [0.5, 0.6) is 0 Å². The Morgan fingerprint density at radius 2 is 2.00 bits per heavy atom. The third kappa shape index (κ3) is 4.93. The molecule has 9 heteroatoms. The summed E-state index contributed by atoms with van der Waals surface area (Å²) in [5.74, 6) is 1.94. The van der Waals surface area contributed by atoms with Gasteiger partial charge in [0, 0.05) is 25.3 Å². The van der Waals surface area contributed by atoms with Crippen molar-refractivity contribution in [1.82, 2.24) is 15.3 Å². The van der Waals surface area contributed by atoms with Crippen molar-refractivity contribution >= 4 is 29.9 Å². The van der Waals surface area contributed by atoms with E-state index in [1.54, 1.807) is 0 Å². The Labute approximate surface area is 174 Å². The number of nitrogens with zero attached hydrogens (tertiary/aromatic N) is 3. The topological polar surface area (TPSA) is 53.1 Å². The Kier molecular flexibility index (Phi) is 6.53. The second-order valence-corrected chi connectivity index (χ2v) is 7.57. The molecule has 2 aromatic rings. The van der Waals surface area contributed by atoms with Crippen molar-refractivity contribution in [3.63, 3.8) is 0 Å². The largest absolute Gasteiger partial charge is 0.416 e. The van der Waals surface area contributed by atoms with Crippen LogP contribution in [0.2, 0.25) is 0 Å². The number of alkyl halides is 3. The predicted octanol–water partition coefficient (Wildman–Crippen LogP) is 4.73. The molecule has 0 saturated carbocycles. The van der Waals surface area contributed by atoms with Crippen molar-refractivity contribution < 1.29 is 13.2 Å². The number of hydrogen-bond donors (Lipinski definition) is 2. The maximum atomic E-state index is 13.0. The van der Waals surface area contributed by atoms with Crippen LogP contribution < -0.4 is 15.5 Å². The van der Waals surface area contributed by atoms with Gasteiger partial charge in [0.1, 0.15) is 17.5 Å². The summed E-state index contributed by atoms with van der Waals surface area (Å²) in [6.07, 6.45) is 0.0464. The molecular formula is C20H25ClF3N5. The SMILES string of the molecule is C[C@@H]1CCCN1c1cc(C2CCNC2)cc(Nc2cc(C(F)(F)F)ccn2)n1.Cl. The quantitative estimate of drug-likeness (QED) is 0.739. The van der Waals surface area contributed by atoms with E-state index >= 15 is 0 Å². The van der Waals surface area contributed by atoms with Gasteiger partial charge in [-0.15, -0.1) is 12.4 Å². The molecule has 0 radical (unpaired) electrons. The second kappa shape index (κ2) is 8.75. The van der Waals surface area contributed by atoms with Crippen LogP contribution in [0.25, 0.3) is 0 Å². The van der Waals surface area contributed by atoms with E-state index in [1.165, 1.54) is 6.20 Å². The average Bonchev–Trinajstić information content (AvgIpc) is 3.32. The fraction of sp³-hybridized carbons (Fsp3) is 0.500. The van der Waals surface area contributed by atoms with E-state index in [0.717, 1.165) is 62.4 Å². The number of rotatable bonds is 4. The molecule has 0 spiro atoms. The Hall–Kier alpha value is -2.06. The van der Waals surface area contributed by atoms with Gasteiger partial charge in [-0.05, 0) is 68.5 Å². The van der Waals surface area contributed by atoms with Gasteiger partial charge in [-0.2, -0.15) is 13.2 Å². The van der Waals surface area contributed by atoms with E-state index in [1.807, 2.05) is 6.07 Å². The summed E-state index contributed by atoms with van der Waals surface area (Å²) >= 11 is 0. The van der Waals surface area contributed by atoms with Crippen LogP contribution in [0.4, 0.5) is 30.6 Å². The van der Waals surface area contributed by atoms with Crippen molar-refractivity contribution in [2.75, 3.05) is 29.9 Å². The molecule has 2 aliphatic heterocycles. The molecule has 158 valence electrons. The summed E-state index contributed by atoms with van der Waals surface area (Å²) < 4.78 is 39.0. The fourth-order valence-corrected chi connectivity index (χ4v) is 4.00. The van der Waals surface area contributed by atoms with E-state index in [-0.39, 0.29) is 18.2 Å². The van der Waals surface area contributed by atoms with E-state index in [9.17, 15) is 13.2 Å². The first-order chi connectivity index (χ1) is 13.4. The first kappa shape index (κ1) is 21.6. The first-order valence-electron chi connectivity index (χ1n) is 9.70. The van der Waals surface area contributed by atoms with Gasteiger partial charge >= 0.3 is 6.18 Å². The lowest BCUT2D eigenvalue weighted by Gasteiger charge is -2.25. The standard InChI is InChI=1S/C20H24F3N5.ClH/c1-13-3-2-8-28(13)19-10-15(14-4-6-24-12-14)9-18(27-19)26-17-11-16(5-7-25-17)20(21,22)23;/h5,7,9-11,13-14,24H,2-4,6,8,12H2,1H3,(H,25,26,27);1H/t13-,14?;/m1./s1. The highest BCUT2D eigenvalue weighted by atomic mass is 35.5. The van der Waals surface area contributed by atoms with Crippen molar-refractivity contribution in [3.05, 3.63) is 41.6 Å². The Morgan fingerprint density at radius 1 is 1.17 bits per heavy atom. The average molecular weight is 428 g/mol. The van der Waals surface area contributed by atoms with Crippen molar-refractivity contribution in [2.24, 2.45) is 0 Å².